The molecule has 0 aliphatic carbocycles. The maximum atomic E-state index is 11.8. The number of benzene rings is 1. The molecule has 0 unspecified atom stereocenters. The van der Waals surface area contributed by atoms with Crippen LogP contribution in [0.4, 0.5) is 10.5 Å². The lowest BCUT2D eigenvalue weighted by Gasteiger charge is -2.19. The number of nitrogens with zero attached hydrogens (tertiary/aromatic N) is 1. The fraction of sp³-hybridized carbons (Fsp3) is 0.417. The molecule has 1 aromatic rings. The van der Waals surface area contributed by atoms with Crippen molar-refractivity contribution in [3.05, 3.63) is 23.2 Å². The van der Waals surface area contributed by atoms with E-state index < -0.39 is 0 Å². The second-order valence-electron chi connectivity index (χ2n) is 3.45. The van der Waals surface area contributed by atoms with Gasteiger partial charge in [0.25, 0.3) is 0 Å². The minimum Gasteiger partial charge on any atom is -0.495 e. The molecule has 2 amide bonds. The molecule has 94 valence electrons. The van der Waals surface area contributed by atoms with Gasteiger partial charge >= 0.3 is 6.03 Å². The van der Waals surface area contributed by atoms with Crippen molar-refractivity contribution in [3.63, 3.8) is 0 Å². The first-order chi connectivity index (χ1) is 8.12. The van der Waals surface area contributed by atoms with Crippen molar-refractivity contribution in [1.29, 1.82) is 0 Å². The van der Waals surface area contributed by atoms with Crippen LogP contribution in [-0.4, -0.2) is 31.1 Å². The van der Waals surface area contributed by atoms with E-state index in [4.69, 9.17) is 16.3 Å². The van der Waals surface area contributed by atoms with Crippen molar-refractivity contribution in [2.75, 3.05) is 25.5 Å². The van der Waals surface area contributed by atoms with Gasteiger partial charge in [0, 0.05) is 24.8 Å². The minimum atomic E-state index is -0.126. The lowest BCUT2D eigenvalue weighted by molar-refractivity contribution is 0.217. The van der Waals surface area contributed by atoms with Crippen LogP contribution < -0.4 is 10.1 Å². The molecule has 0 bridgehead atoms. The van der Waals surface area contributed by atoms with E-state index in [1.807, 2.05) is 13.8 Å². The third-order valence-electron chi connectivity index (χ3n) is 2.45. The van der Waals surface area contributed by atoms with Gasteiger partial charge in [0.2, 0.25) is 0 Å². The van der Waals surface area contributed by atoms with Crippen LogP contribution in [0.2, 0.25) is 5.02 Å². The first-order valence-electron chi connectivity index (χ1n) is 5.51. The van der Waals surface area contributed by atoms with E-state index in [0.29, 0.717) is 29.5 Å². The van der Waals surface area contributed by atoms with Crippen LogP contribution in [0.25, 0.3) is 0 Å². The number of nitrogens with one attached hydrogen (secondary N) is 1. The Morgan fingerprint density at radius 1 is 1.41 bits per heavy atom. The van der Waals surface area contributed by atoms with Gasteiger partial charge in [-0.1, -0.05) is 11.6 Å². The molecule has 17 heavy (non-hydrogen) atoms. The molecule has 1 aromatic carbocycles. The van der Waals surface area contributed by atoms with Crippen molar-refractivity contribution < 1.29 is 9.53 Å². The standard InChI is InChI=1S/C12H17ClN2O2/c1-4-15(5-2)12(16)14-9-6-7-10(13)11(8-9)17-3/h6-8H,4-5H2,1-3H3,(H,14,16). The molecule has 1 rings (SSSR count). The molecule has 4 nitrogen and oxygen atoms in total. The third kappa shape index (κ3) is 3.53. The van der Waals surface area contributed by atoms with Gasteiger partial charge in [-0.2, -0.15) is 0 Å². The molecule has 1 N–H and O–H groups in total. The number of hydrogen-bond donors (Lipinski definition) is 1. The van der Waals surface area contributed by atoms with Crippen LogP contribution in [0.5, 0.6) is 5.75 Å². The number of methoxy groups -OCH3 is 1. The average molecular weight is 257 g/mol. The topological polar surface area (TPSA) is 41.6 Å². The number of ether oxygens (including phenoxy) is 1. The summed E-state index contributed by atoms with van der Waals surface area (Å²) in [5.74, 6) is 0.545. The molecule has 0 heterocycles. The highest BCUT2D eigenvalue weighted by molar-refractivity contribution is 6.32. The maximum Gasteiger partial charge on any atom is 0.321 e. The first-order valence-corrected chi connectivity index (χ1v) is 5.89. The number of anilines is 1. The quantitative estimate of drug-likeness (QED) is 0.899. The largest absolute Gasteiger partial charge is 0.495 e. The van der Waals surface area contributed by atoms with E-state index in [1.165, 1.54) is 7.11 Å². The Balaban J connectivity index is 2.78. The zero-order valence-electron chi connectivity index (χ0n) is 10.3. The van der Waals surface area contributed by atoms with Gasteiger partial charge in [-0.25, -0.2) is 4.79 Å². The van der Waals surface area contributed by atoms with Crippen molar-refractivity contribution in [2.24, 2.45) is 0 Å². The zero-order chi connectivity index (χ0) is 12.8. The molecular formula is C12H17ClN2O2. The SMILES string of the molecule is CCN(CC)C(=O)Nc1ccc(Cl)c(OC)c1. The van der Waals surface area contributed by atoms with Gasteiger partial charge in [-0.05, 0) is 26.0 Å². The molecule has 0 aliphatic heterocycles. The highest BCUT2D eigenvalue weighted by Gasteiger charge is 2.10. The van der Waals surface area contributed by atoms with Gasteiger partial charge in [-0.15, -0.1) is 0 Å². The fourth-order valence-electron chi connectivity index (χ4n) is 1.45. The summed E-state index contributed by atoms with van der Waals surface area (Å²) >= 11 is 5.90. The Bertz CT molecular complexity index is 392. The summed E-state index contributed by atoms with van der Waals surface area (Å²) in [6.45, 7) is 5.22. The summed E-state index contributed by atoms with van der Waals surface area (Å²) in [7, 11) is 1.54. The number of carbonyl (C=O) groups is 1. The van der Waals surface area contributed by atoms with Gasteiger partial charge in [0.1, 0.15) is 5.75 Å². The monoisotopic (exact) mass is 256 g/mol. The lowest BCUT2D eigenvalue weighted by atomic mass is 10.3. The van der Waals surface area contributed by atoms with E-state index >= 15 is 0 Å². The van der Waals surface area contributed by atoms with E-state index in [9.17, 15) is 4.79 Å². The fourth-order valence-corrected chi connectivity index (χ4v) is 1.65. The van der Waals surface area contributed by atoms with Crippen molar-refractivity contribution in [2.45, 2.75) is 13.8 Å². The molecule has 0 atom stereocenters. The van der Waals surface area contributed by atoms with Gasteiger partial charge in [-0.3, -0.25) is 0 Å². The van der Waals surface area contributed by atoms with E-state index in [0.717, 1.165) is 0 Å². The summed E-state index contributed by atoms with van der Waals surface area (Å²) in [6, 6.07) is 5.01. The molecule has 0 fully saturated rings. The molecule has 0 aromatic heterocycles. The predicted molar refractivity (Wildman–Crippen MR) is 69.9 cm³/mol. The van der Waals surface area contributed by atoms with Crippen LogP contribution in [0.3, 0.4) is 0 Å². The first kappa shape index (κ1) is 13.6. The number of amides is 2. The Morgan fingerprint density at radius 3 is 2.59 bits per heavy atom. The molecule has 0 radical (unpaired) electrons. The Kier molecular flexibility index (Phi) is 5.10. The zero-order valence-corrected chi connectivity index (χ0v) is 11.0. The minimum absolute atomic E-state index is 0.126. The van der Waals surface area contributed by atoms with Crippen LogP contribution in [0.15, 0.2) is 18.2 Å². The van der Waals surface area contributed by atoms with E-state index in [1.54, 1.807) is 23.1 Å². The molecular weight excluding hydrogens is 240 g/mol. The average Bonchev–Trinajstić information content (AvgIpc) is 2.33. The van der Waals surface area contributed by atoms with Crippen LogP contribution in [-0.2, 0) is 0 Å². The Labute approximate surface area is 107 Å². The number of urea groups is 1. The molecule has 0 saturated carbocycles. The van der Waals surface area contributed by atoms with Crippen LogP contribution in [0, 0.1) is 0 Å². The summed E-state index contributed by atoms with van der Waals surface area (Å²) in [5.41, 5.74) is 0.670. The number of rotatable bonds is 4. The van der Waals surface area contributed by atoms with Crippen molar-refractivity contribution >= 4 is 23.3 Å². The smallest absolute Gasteiger partial charge is 0.321 e. The normalized spacial score (nSPS) is 9.88. The third-order valence-corrected chi connectivity index (χ3v) is 2.77. The predicted octanol–water partition coefficient (Wildman–Crippen LogP) is 3.22. The van der Waals surface area contributed by atoms with Gasteiger partial charge in [0.15, 0.2) is 0 Å². The van der Waals surface area contributed by atoms with Crippen molar-refractivity contribution in [3.8, 4) is 5.75 Å². The lowest BCUT2D eigenvalue weighted by Crippen LogP contribution is -2.34. The highest BCUT2D eigenvalue weighted by atomic mass is 35.5. The maximum absolute atomic E-state index is 11.8. The van der Waals surface area contributed by atoms with E-state index in [2.05, 4.69) is 5.32 Å². The summed E-state index contributed by atoms with van der Waals surface area (Å²) < 4.78 is 5.08. The number of halogens is 1. The van der Waals surface area contributed by atoms with E-state index in [-0.39, 0.29) is 6.03 Å². The molecule has 5 heteroatoms. The van der Waals surface area contributed by atoms with Crippen molar-refractivity contribution in [1.82, 2.24) is 4.90 Å². The number of carbonyl (C=O) groups excluding carboxylic acids is 1. The van der Waals surface area contributed by atoms with Crippen LogP contribution in [0.1, 0.15) is 13.8 Å². The second kappa shape index (κ2) is 6.35. The molecule has 0 spiro atoms. The van der Waals surface area contributed by atoms with Gasteiger partial charge < -0.3 is 15.0 Å². The molecule has 0 saturated heterocycles. The Morgan fingerprint density at radius 2 is 2.06 bits per heavy atom. The Hall–Kier alpha value is -1.42. The number of hydrogen-bond acceptors (Lipinski definition) is 2. The summed E-state index contributed by atoms with van der Waals surface area (Å²) in [4.78, 5) is 13.5. The van der Waals surface area contributed by atoms with Gasteiger partial charge in [0.05, 0.1) is 12.1 Å². The highest BCUT2D eigenvalue weighted by Crippen LogP contribution is 2.27. The van der Waals surface area contributed by atoms with Crippen LogP contribution >= 0.6 is 11.6 Å². The summed E-state index contributed by atoms with van der Waals surface area (Å²) in [5, 5.41) is 3.32. The molecule has 0 aliphatic rings. The second-order valence-corrected chi connectivity index (χ2v) is 3.86. The summed E-state index contributed by atoms with van der Waals surface area (Å²) in [6.07, 6.45) is 0.